The van der Waals surface area contributed by atoms with Crippen LogP contribution in [0, 0.1) is 5.92 Å². The number of hydrogen-bond acceptors (Lipinski definition) is 1. The summed E-state index contributed by atoms with van der Waals surface area (Å²) in [6.07, 6.45) is 2.60. The van der Waals surface area contributed by atoms with Crippen molar-refractivity contribution < 1.29 is 4.43 Å². The second kappa shape index (κ2) is 4.26. The van der Waals surface area contributed by atoms with Crippen LogP contribution >= 0.6 is 15.9 Å². The Bertz CT molecular complexity index is 192. The van der Waals surface area contributed by atoms with Crippen LogP contribution in [0.1, 0.15) is 33.6 Å². The van der Waals surface area contributed by atoms with E-state index in [-0.39, 0.29) is 0 Å². The van der Waals surface area contributed by atoms with E-state index >= 15 is 0 Å². The van der Waals surface area contributed by atoms with Crippen LogP contribution in [-0.4, -0.2) is 19.8 Å². The van der Waals surface area contributed by atoms with Gasteiger partial charge in [0.15, 0.2) is 8.32 Å². The van der Waals surface area contributed by atoms with Gasteiger partial charge in [0.25, 0.3) is 0 Å². The van der Waals surface area contributed by atoms with E-state index in [1.165, 1.54) is 12.8 Å². The van der Waals surface area contributed by atoms with Gasteiger partial charge in [0, 0.05) is 11.4 Å². The lowest BCUT2D eigenvalue weighted by molar-refractivity contribution is 0.174. The standard InChI is InChI=1S/C11H23BrOSi/c1-11(2,3)14(4,5)13-8-9-6-10(12)7-9/h9-10H,6-8H2,1-5H3. The molecule has 1 rings (SSSR count). The molecule has 0 aliphatic heterocycles. The van der Waals surface area contributed by atoms with Crippen molar-refractivity contribution in [2.24, 2.45) is 5.92 Å². The first kappa shape index (κ1) is 12.7. The molecular formula is C11H23BrOSi. The minimum absolute atomic E-state index is 0.352. The minimum Gasteiger partial charge on any atom is -0.417 e. The van der Waals surface area contributed by atoms with Gasteiger partial charge in [-0.2, -0.15) is 0 Å². The van der Waals surface area contributed by atoms with Crippen molar-refractivity contribution in [2.45, 2.75) is 56.6 Å². The monoisotopic (exact) mass is 278 g/mol. The summed E-state index contributed by atoms with van der Waals surface area (Å²) in [7, 11) is -1.49. The van der Waals surface area contributed by atoms with E-state index in [1.54, 1.807) is 0 Å². The molecule has 3 heteroatoms. The summed E-state index contributed by atoms with van der Waals surface area (Å²) in [5, 5.41) is 0.352. The third-order valence-electron chi connectivity index (χ3n) is 3.66. The zero-order valence-corrected chi connectivity index (χ0v) is 12.6. The maximum Gasteiger partial charge on any atom is 0.191 e. The summed E-state index contributed by atoms with van der Waals surface area (Å²) >= 11 is 3.62. The topological polar surface area (TPSA) is 9.23 Å². The second-order valence-corrected chi connectivity index (χ2v) is 12.1. The summed E-state index contributed by atoms with van der Waals surface area (Å²) < 4.78 is 6.16. The van der Waals surface area contributed by atoms with Gasteiger partial charge < -0.3 is 4.43 Å². The number of rotatable bonds is 3. The van der Waals surface area contributed by atoms with Gasteiger partial charge in [0.2, 0.25) is 0 Å². The Labute approximate surface area is 97.9 Å². The summed E-state index contributed by atoms with van der Waals surface area (Å²) in [6.45, 7) is 12.5. The van der Waals surface area contributed by atoms with Gasteiger partial charge in [-0.25, -0.2) is 0 Å². The maximum absolute atomic E-state index is 6.16. The lowest BCUT2D eigenvalue weighted by Crippen LogP contribution is -2.43. The van der Waals surface area contributed by atoms with Crippen molar-refractivity contribution in [2.75, 3.05) is 6.61 Å². The molecule has 1 aliphatic carbocycles. The van der Waals surface area contributed by atoms with E-state index in [0.717, 1.165) is 17.4 Å². The zero-order valence-electron chi connectivity index (χ0n) is 10.1. The van der Waals surface area contributed by atoms with Gasteiger partial charge in [-0.05, 0) is 36.9 Å². The molecule has 0 unspecified atom stereocenters. The molecule has 0 saturated heterocycles. The Balaban J connectivity index is 2.30. The molecule has 0 atom stereocenters. The second-order valence-electron chi connectivity index (χ2n) is 6.01. The molecule has 0 bridgehead atoms. The smallest absolute Gasteiger partial charge is 0.191 e. The van der Waals surface area contributed by atoms with Gasteiger partial charge in [0.05, 0.1) is 0 Å². The van der Waals surface area contributed by atoms with Crippen molar-refractivity contribution >= 4 is 24.2 Å². The van der Waals surface area contributed by atoms with Gasteiger partial charge in [-0.1, -0.05) is 36.7 Å². The molecule has 0 aromatic rings. The Morgan fingerprint density at radius 2 is 1.79 bits per heavy atom. The van der Waals surface area contributed by atoms with Gasteiger partial charge >= 0.3 is 0 Å². The molecule has 0 heterocycles. The third kappa shape index (κ3) is 3.07. The highest BCUT2D eigenvalue weighted by atomic mass is 79.9. The predicted molar refractivity (Wildman–Crippen MR) is 68.6 cm³/mol. The van der Waals surface area contributed by atoms with Crippen molar-refractivity contribution in [3.05, 3.63) is 0 Å². The summed E-state index contributed by atoms with van der Waals surface area (Å²) in [4.78, 5) is 0.760. The molecule has 1 nitrogen and oxygen atoms in total. The largest absolute Gasteiger partial charge is 0.417 e. The molecule has 0 amide bonds. The van der Waals surface area contributed by atoms with Gasteiger partial charge in [-0.15, -0.1) is 0 Å². The summed E-state index contributed by atoms with van der Waals surface area (Å²) in [6, 6.07) is 0. The van der Waals surface area contributed by atoms with Crippen LogP contribution in [0.2, 0.25) is 18.1 Å². The van der Waals surface area contributed by atoms with E-state index in [9.17, 15) is 0 Å². The Hall–Kier alpha value is 0.657. The van der Waals surface area contributed by atoms with Crippen LogP contribution in [0.5, 0.6) is 0 Å². The number of halogens is 1. The lowest BCUT2D eigenvalue weighted by Gasteiger charge is -2.39. The molecule has 0 N–H and O–H groups in total. The highest BCUT2D eigenvalue weighted by molar-refractivity contribution is 9.09. The molecular weight excluding hydrogens is 256 g/mol. The average molecular weight is 279 g/mol. The average Bonchev–Trinajstić information content (AvgIpc) is 1.93. The van der Waals surface area contributed by atoms with E-state index < -0.39 is 8.32 Å². The lowest BCUT2D eigenvalue weighted by atomic mass is 9.86. The van der Waals surface area contributed by atoms with Gasteiger partial charge in [-0.3, -0.25) is 0 Å². The molecule has 0 spiro atoms. The molecule has 14 heavy (non-hydrogen) atoms. The maximum atomic E-state index is 6.16. The first-order valence-electron chi connectivity index (χ1n) is 5.50. The van der Waals surface area contributed by atoms with E-state index in [4.69, 9.17) is 4.43 Å². The minimum atomic E-state index is -1.49. The quantitative estimate of drug-likeness (QED) is 0.556. The fraction of sp³-hybridized carbons (Fsp3) is 1.00. The summed E-state index contributed by atoms with van der Waals surface area (Å²) in [5.74, 6) is 0.813. The van der Waals surface area contributed by atoms with Crippen LogP contribution < -0.4 is 0 Å². The molecule has 84 valence electrons. The van der Waals surface area contributed by atoms with Crippen molar-refractivity contribution in [3.8, 4) is 0 Å². The first-order valence-corrected chi connectivity index (χ1v) is 9.33. The van der Waals surface area contributed by atoms with Crippen LogP contribution in [-0.2, 0) is 4.43 Å². The number of alkyl halides is 1. The van der Waals surface area contributed by atoms with Crippen molar-refractivity contribution in [1.82, 2.24) is 0 Å². The van der Waals surface area contributed by atoms with E-state index in [0.29, 0.717) is 5.04 Å². The normalized spacial score (nSPS) is 28.7. The molecule has 1 aliphatic rings. The summed E-state index contributed by atoms with van der Waals surface area (Å²) in [5.41, 5.74) is 0. The first-order chi connectivity index (χ1) is 6.22. The fourth-order valence-corrected chi connectivity index (χ4v) is 3.48. The fourth-order valence-electron chi connectivity index (χ4n) is 1.33. The molecule has 1 fully saturated rings. The predicted octanol–water partition coefficient (Wildman–Crippen LogP) is 4.18. The Morgan fingerprint density at radius 3 is 2.14 bits per heavy atom. The number of hydrogen-bond donors (Lipinski definition) is 0. The van der Waals surface area contributed by atoms with E-state index in [1.807, 2.05) is 0 Å². The highest BCUT2D eigenvalue weighted by Crippen LogP contribution is 2.39. The third-order valence-corrected chi connectivity index (χ3v) is 8.91. The van der Waals surface area contributed by atoms with Crippen LogP contribution in [0.15, 0.2) is 0 Å². The zero-order chi connectivity index (χ0) is 11.0. The highest BCUT2D eigenvalue weighted by Gasteiger charge is 2.38. The van der Waals surface area contributed by atoms with Crippen molar-refractivity contribution in [1.29, 1.82) is 0 Å². The van der Waals surface area contributed by atoms with Gasteiger partial charge in [0.1, 0.15) is 0 Å². The van der Waals surface area contributed by atoms with Crippen molar-refractivity contribution in [3.63, 3.8) is 0 Å². The van der Waals surface area contributed by atoms with Crippen LogP contribution in [0.4, 0.5) is 0 Å². The molecule has 0 radical (unpaired) electrons. The Kier molecular flexibility index (Phi) is 3.87. The Morgan fingerprint density at radius 1 is 1.29 bits per heavy atom. The van der Waals surface area contributed by atoms with Crippen LogP contribution in [0.25, 0.3) is 0 Å². The molecule has 1 saturated carbocycles. The van der Waals surface area contributed by atoms with E-state index in [2.05, 4.69) is 49.8 Å². The van der Waals surface area contributed by atoms with Crippen LogP contribution in [0.3, 0.4) is 0 Å². The SMILES string of the molecule is CC(C)(C)[Si](C)(C)OCC1CC(Br)C1. The molecule has 0 aromatic carbocycles. The molecule has 0 aromatic heterocycles.